The Morgan fingerprint density at radius 1 is 1.33 bits per heavy atom. The van der Waals surface area contributed by atoms with Crippen LogP contribution in [0.25, 0.3) is 0 Å². The Balaban J connectivity index is 1.72. The summed E-state index contributed by atoms with van der Waals surface area (Å²) in [7, 11) is 0. The van der Waals surface area contributed by atoms with Gasteiger partial charge in [-0.05, 0) is 30.9 Å². The molecule has 1 aromatic carbocycles. The van der Waals surface area contributed by atoms with Crippen molar-refractivity contribution in [2.75, 3.05) is 26.3 Å². The van der Waals surface area contributed by atoms with Gasteiger partial charge in [-0.15, -0.1) is 0 Å². The van der Waals surface area contributed by atoms with Crippen LogP contribution < -0.4 is 10.6 Å². The summed E-state index contributed by atoms with van der Waals surface area (Å²) >= 11 is 0. The summed E-state index contributed by atoms with van der Waals surface area (Å²) in [5.74, 6) is -3.14. The molecule has 0 bridgehead atoms. The Hall–Kier alpha value is -1.53. The molecule has 1 amide bonds. The molecule has 1 unspecified atom stereocenters. The second kappa shape index (κ2) is 6.76. The number of aryl methyl sites for hydroxylation is 1. The van der Waals surface area contributed by atoms with Crippen LogP contribution in [-0.4, -0.2) is 44.2 Å². The van der Waals surface area contributed by atoms with Crippen molar-refractivity contribution in [1.29, 1.82) is 0 Å². The van der Waals surface area contributed by atoms with Gasteiger partial charge in [-0.2, -0.15) is 0 Å². The molecular formula is C18H24F2N2O2. The number of ether oxygens (including phenoxy) is 1. The summed E-state index contributed by atoms with van der Waals surface area (Å²) in [5, 5.41) is 5.52. The molecule has 2 saturated heterocycles. The molecule has 2 aliphatic heterocycles. The summed E-state index contributed by atoms with van der Waals surface area (Å²) < 4.78 is 32.1. The molecule has 3 rings (SSSR count). The molecule has 132 valence electrons. The predicted molar refractivity (Wildman–Crippen MR) is 87.3 cm³/mol. The number of rotatable bonds is 4. The monoisotopic (exact) mass is 338 g/mol. The maximum atomic E-state index is 13.3. The molecule has 2 aliphatic rings. The van der Waals surface area contributed by atoms with Crippen molar-refractivity contribution in [3.05, 3.63) is 35.4 Å². The number of carbonyl (C=O) groups excluding carboxylic acids is 1. The highest BCUT2D eigenvalue weighted by molar-refractivity contribution is 5.82. The van der Waals surface area contributed by atoms with Crippen molar-refractivity contribution in [2.24, 2.45) is 0 Å². The van der Waals surface area contributed by atoms with E-state index in [1.165, 1.54) is 11.1 Å². The summed E-state index contributed by atoms with van der Waals surface area (Å²) in [6.07, 6.45) is 1.19. The Labute approximate surface area is 141 Å². The number of carbonyl (C=O) groups is 1. The minimum atomic E-state index is -2.80. The van der Waals surface area contributed by atoms with Crippen LogP contribution in [0, 0.1) is 6.92 Å². The van der Waals surface area contributed by atoms with Crippen LogP contribution in [-0.2, 0) is 14.9 Å². The van der Waals surface area contributed by atoms with Crippen molar-refractivity contribution >= 4 is 5.91 Å². The lowest BCUT2D eigenvalue weighted by Crippen LogP contribution is -2.49. The highest BCUT2D eigenvalue weighted by Gasteiger charge is 2.43. The number of amides is 1. The van der Waals surface area contributed by atoms with Gasteiger partial charge in [0.2, 0.25) is 5.91 Å². The van der Waals surface area contributed by atoms with Gasteiger partial charge in [0.15, 0.2) is 0 Å². The van der Waals surface area contributed by atoms with Gasteiger partial charge in [0.25, 0.3) is 5.92 Å². The van der Waals surface area contributed by atoms with Crippen LogP contribution in [0.15, 0.2) is 24.3 Å². The van der Waals surface area contributed by atoms with Gasteiger partial charge in [-0.3, -0.25) is 10.1 Å². The fraction of sp³-hybridized carbons (Fsp3) is 0.611. The Morgan fingerprint density at radius 2 is 2.04 bits per heavy atom. The third-order valence-electron chi connectivity index (χ3n) is 5.19. The molecule has 0 aromatic heterocycles. The fourth-order valence-electron chi connectivity index (χ4n) is 3.75. The van der Waals surface area contributed by atoms with Crippen LogP contribution in [0.2, 0.25) is 0 Å². The van der Waals surface area contributed by atoms with Gasteiger partial charge >= 0.3 is 0 Å². The van der Waals surface area contributed by atoms with Gasteiger partial charge in [0.05, 0.1) is 12.6 Å². The van der Waals surface area contributed by atoms with Crippen LogP contribution >= 0.6 is 0 Å². The van der Waals surface area contributed by atoms with E-state index in [-0.39, 0.29) is 11.3 Å². The average Bonchev–Trinajstić information content (AvgIpc) is 2.94. The molecule has 4 nitrogen and oxygen atoms in total. The van der Waals surface area contributed by atoms with Gasteiger partial charge in [0.1, 0.15) is 0 Å². The van der Waals surface area contributed by atoms with Crippen LogP contribution in [0.4, 0.5) is 8.78 Å². The summed E-state index contributed by atoms with van der Waals surface area (Å²) in [6.45, 7) is 3.37. The lowest BCUT2D eigenvalue weighted by atomic mass is 9.72. The van der Waals surface area contributed by atoms with E-state index in [0.29, 0.717) is 19.8 Å². The van der Waals surface area contributed by atoms with Gasteiger partial charge in [-0.1, -0.05) is 24.3 Å². The third kappa shape index (κ3) is 3.59. The van der Waals surface area contributed by atoms with Crippen molar-refractivity contribution in [1.82, 2.24) is 10.6 Å². The SMILES string of the molecule is Cc1ccccc1C1(CNC(=O)C2CC(F)(F)CN2)CCOCC1. The quantitative estimate of drug-likeness (QED) is 0.885. The van der Waals surface area contributed by atoms with E-state index < -0.39 is 24.9 Å². The number of halogens is 2. The number of nitrogens with one attached hydrogen (secondary N) is 2. The zero-order chi connectivity index (χ0) is 17.2. The van der Waals surface area contributed by atoms with Crippen molar-refractivity contribution in [3.63, 3.8) is 0 Å². The first-order chi connectivity index (χ1) is 11.4. The normalized spacial score (nSPS) is 25.4. The van der Waals surface area contributed by atoms with Crippen molar-refractivity contribution < 1.29 is 18.3 Å². The first kappa shape index (κ1) is 17.3. The molecule has 0 radical (unpaired) electrons. The van der Waals surface area contributed by atoms with E-state index >= 15 is 0 Å². The van der Waals surface area contributed by atoms with E-state index in [1.54, 1.807) is 0 Å². The van der Waals surface area contributed by atoms with Gasteiger partial charge < -0.3 is 10.1 Å². The topological polar surface area (TPSA) is 50.4 Å². The first-order valence-corrected chi connectivity index (χ1v) is 8.45. The minimum absolute atomic E-state index is 0.194. The largest absolute Gasteiger partial charge is 0.381 e. The highest BCUT2D eigenvalue weighted by Crippen LogP contribution is 2.36. The third-order valence-corrected chi connectivity index (χ3v) is 5.19. The number of hydrogen-bond acceptors (Lipinski definition) is 3. The number of hydrogen-bond donors (Lipinski definition) is 2. The zero-order valence-corrected chi connectivity index (χ0v) is 13.9. The first-order valence-electron chi connectivity index (χ1n) is 8.45. The second-order valence-corrected chi connectivity index (χ2v) is 6.92. The summed E-state index contributed by atoms with van der Waals surface area (Å²) in [5.41, 5.74) is 2.19. The van der Waals surface area contributed by atoms with Gasteiger partial charge in [0, 0.05) is 31.6 Å². The standard InChI is InChI=1S/C18H24F2N2O2/c1-13-4-2-3-5-14(13)17(6-8-24-9-7-17)11-22-16(23)15-10-18(19,20)12-21-15/h2-5,15,21H,6-12H2,1H3,(H,22,23). The van der Waals surface area contributed by atoms with E-state index in [9.17, 15) is 13.6 Å². The average molecular weight is 338 g/mol. The molecular weight excluding hydrogens is 314 g/mol. The molecule has 2 heterocycles. The predicted octanol–water partition coefficient (Wildman–Crippen LogP) is 2.16. The maximum absolute atomic E-state index is 13.3. The van der Waals surface area contributed by atoms with Gasteiger partial charge in [-0.25, -0.2) is 8.78 Å². The summed E-state index contributed by atoms with van der Waals surface area (Å²) in [6, 6.07) is 7.34. The lowest BCUT2D eigenvalue weighted by molar-refractivity contribution is -0.123. The highest BCUT2D eigenvalue weighted by atomic mass is 19.3. The molecule has 1 aromatic rings. The smallest absolute Gasteiger partial charge is 0.262 e. The Kier molecular flexibility index (Phi) is 4.88. The van der Waals surface area contributed by atoms with E-state index in [1.807, 2.05) is 12.1 Å². The molecule has 6 heteroatoms. The number of benzene rings is 1. The van der Waals surface area contributed by atoms with Crippen LogP contribution in [0.3, 0.4) is 0 Å². The molecule has 0 spiro atoms. The molecule has 1 atom stereocenters. The Morgan fingerprint density at radius 3 is 2.67 bits per heavy atom. The molecule has 2 fully saturated rings. The molecule has 0 saturated carbocycles. The molecule has 24 heavy (non-hydrogen) atoms. The van der Waals surface area contributed by atoms with E-state index in [4.69, 9.17) is 4.74 Å². The second-order valence-electron chi connectivity index (χ2n) is 6.92. The van der Waals surface area contributed by atoms with Crippen LogP contribution in [0.5, 0.6) is 0 Å². The van der Waals surface area contributed by atoms with Crippen molar-refractivity contribution in [3.8, 4) is 0 Å². The van der Waals surface area contributed by atoms with E-state index in [2.05, 4.69) is 29.7 Å². The minimum Gasteiger partial charge on any atom is -0.381 e. The summed E-state index contributed by atoms with van der Waals surface area (Å²) in [4.78, 5) is 12.3. The maximum Gasteiger partial charge on any atom is 0.262 e. The lowest BCUT2D eigenvalue weighted by Gasteiger charge is -2.39. The fourth-order valence-corrected chi connectivity index (χ4v) is 3.75. The van der Waals surface area contributed by atoms with Crippen molar-refractivity contribution in [2.45, 2.75) is 43.6 Å². The number of alkyl halides is 2. The van der Waals surface area contributed by atoms with Crippen LogP contribution in [0.1, 0.15) is 30.4 Å². The molecule has 0 aliphatic carbocycles. The zero-order valence-electron chi connectivity index (χ0n) is 13.9. The Bertz CT molecular complexity index is 600. The molecule has 2 N–H and O–H groups in total. The van der Waals surface area contributed by atoms with E-state index in [0.717, 1.165) is 12.8 Å².